The number of para-hydroxylation sites is 1. The van der Waals surface area contributed by atoms with Gasteiger partial charge in [-0.1, -0.05) is 18.2 Å². The van der Waals surface area contributed by atoms with Crippen molar-refractivity contribution in [1.29, 1.82) is 0 Å². The van der Waals surface area contributed by atoms with Crippen LogP contribution in [0.25, 0.3) is 11.0 Å². The predicted molar refractivity (Wildman–Crippen MR) is 95.2 cm³/mol. The lowest BCUT2D eigenvalue weighted by atomic mass is 9.96. The number of hydrogen-bond donors (Lipinski definition) is 2. The molecule has 4 rings (SSSR count). The molecule has 3 aromatic rings. The zero-order valence-electron chi connectivity index (χ0n) is 13.9. The molecule has 1 fully saturated rings. The molecular weight excluding hydrogens is 300 g/mol. The van der Waals surface area contributed by atoms with E-state index in [0.717, 1.165) is 35.9 Å². The molecule has 0 spiro atoms. The number of benzene rings is 1. The third-order valence-electron chi connectivity index (χ3n) is 4.78. The first kappa shape index (κ1) is 15.1. The van der Waals surface area contributed by atoms with Crippen molar-refractivity contribution in [3.8, 4) is 0 Å². The second kappa shape index (κ2) is 6.61. The summed E-state index contributed by atoms with van der Waals surface area (Å²) < 4.78 is 5.95. The van der Waals surface area contributed by atoms with Crippen LogP contribution in [0.5, 0.6) is 0 Å². The maximum atomic E-state index is 5.95. The van der Waals surface area contributed by atoms with E-state index in [0.29, 0.717) is 12.5 Å². The third-order valence-corrected chi connectivity index (χ3v) is 4.78. The van der Waals surface area contributed by atoms with E-state index in [1.165, 1.54) is 23.8 Å². The summed E-state index contributed by atoms with van der Waals surface area (Å²) in [6, 6.07) is 10.2. The molecule has 1 saturated heterocycles. The quantitative estimate of drug-likeness (QED) is 0.768. The fourth-order valence-electron chi connectivity index (χ4n) is 3.36. The van der Waals surface area contributed by atoms with Crippen LogP contribution in [-0.4, -0.2) is 23.1 Å². The summed E-state index contributed by atoms with van der Waals surface area (Å²) in [6.45, 7) is 4.83. The van der Waals surface area contributed by atoms with Crippen molar-refractivity contribution in [2.24, 2.45) is 0 Å². The number of hydrogen-bond acceptors (Lipinski definition) is 5. The summed E-state index contributed by atoms with van der Waals surface area (Å²) in [5, 5.41) is 7.99. The van der Waals surface area contributed by atoms with Crippen LogP contribution >= 0.6 is 0 Å². The molecule has 0 radical (unpaired) electrons. The first-order chi connectivity index (χ1) is 11.8. The van der Waals surface area contributed by atoms with E-state index in [1.807, 2.05) is 18.2 Å². The Morgan fingerprint density at radius 2 is 2.21 bits per heavy atom. The second-order valence-electron chi connectivity index (χ2n) is 6.37. The number of aromatic nitrogens is 2. The summed E-state index contributed by atoms with van der Waals surface area (Å²) in [5.41, 5.74) is 3.23. The number of nitrogens with zero attached hydrogens (tertiary/aromatic N) is 2. The molecule has 0 saturated carbocycles. The highest BCUT2D eigenvalue weighted by Gasteiger charge is 2.17. The second-order valence-corrected chi connectivity index (χ2v) is 6.37. The van der Waals surface area contributed by atoms with Gasteiger partial charge in [0, 0.05) is 29.5 Å². The third kappa shape index (κ3) is 2.99. The molecule has 0 bridgehead atoms. The summed E-state index contributed by atoms with van der Waals surface area (Å²) in [7, 11) is 0. The Morgan fingerprint density at radius 3 is 3.04 bits per heavy atom. The normalized spacial score (nSPS) is 18.0. The van der Waals surface area contributed by atoms with Crippen LogP contribution in [0, 0.1) is 6.92 Å². The van der Waals surface area contributed by atoms with Crippen LogP contribution in [0.1, 0.15) is 35.8 Å². The Bertz CT molecular complexity index is 836. The van der Waals surface area contributed by atoms with Gasteiger partial charge in [-0.3, -0.25) is 0 Å². The molecule has 3 heterocycles. The van der Waals surface area contributed by atoms with Gasteiger partial charge in [0.05, 0.1) is 12.2 Å². The standard InChI is InChI=1S/C19H22N4O/c1-13-15-6-2-3-7-17(15)24-18(13)11-21-19-9-16(22-12-23-19)14-5-4-8-20-10-14/h2-3,6-7,9,12,14,20H,4-5,8,10-11H2,1H3,(H,21,22,23)/t14-/m0/s1. The van der Waals surface area contributed by atoms with Crippen molar-refractivity contribution in [3.63, 3.8) is 0 Å². The predicted octanol–water partition coefficient (Wildman–Crippen LogP) is 3.61. The van der Waals surface area contributed by atoms with Crippen molar-refractivity contribution in [3.05, 3.63) is 53.7 Å². The summed E-state index contributed by atoms with van der Waals surface area (Å²) in [4.78, 5) is 8.80. The number of furan rings is 1. The molecule has 0 amide bonds. The first-order valence-electron chi connectivity index (χ1n) is 8.55. The fourth-order valence-corrected chi connectivity index (χ4v) is 3.36. The summed E-state index contributed by atoms with van der Waals surface area (Å²) >= 11 is 0. The zero-order valence-corrected chi connectivity index (χ0v) is 13.9. The molecule has 1 aliphatic heterocycles. The van der Waals surface area contributed by atoms with E-state index in [4.69, 9.17) is 4.42 Å². The Kier molecular flexibility index (Phi) is 4.17. The van der Waals surface area contributed by atoms with Gasteiger partial charge in [0.2, 0.25) is 0 Å². The number of piperidine rings is 1. The van der Waals surface area contributed by atoms with Gasteiger partial charge in [-0.05, 0) is 32.4 Å². The van der Waals surface area contributed by atoms with Crippen molar-refractivity contribution in [2.75, 3.05) is 18.4 Å². The number of nitrogens with one attached hydrogen (secondary N) is 2. The van der Waals surface area contributed by atoms with E-state index < -0.39 is 0 Å². The van der Waals surface area contributed by atoms with Gasteiger partial charge in [-0.15, -0.1) is 0 Å². The van der Waals surface area contributed by atoms with E-state index in [1.54, 1.807) is 6.33 Å². The Morgan fingerprint density at radius 1 is 1.29 bits per heavy atom. The molecule has 2 aromatic heterocycles. The van der Waals surface area contributed by atoms with Crippen LogP contribution < -0.4 is 10.6 Å². The maximum absolute atomic E-state index is 5.95. The fraction of sp³-hybridized carbons (Fsp3) is 0.368. The summed E-state index contributed by atoms with van der Waals surface area (Å²) in [5.74, 6) is 2.29. The van der Waals surface area contributed by atoms with Crippen molar-refractivity contribution < 1.29 is 4.42 Å². The molecule has 24 heavy (non-hydrogen) atoms. The zero-order chi connectivity index (χ0) is 16.4. The maximum Gasteiger partial charge on any atom is 0.134 e. The molecule has 2 N–H and O–H groups in total. The van der Waals surface area contributed by atoms with Gasteiger partial charge in [-0.2, -0.15) is 0 Å². The van der Waals surface area contributed by atoms with Gasteiger partial charge < -0.3 is 15.1 Å². The van der Waals surface area contributed by atoms with Crippen molar-refractivity contribution in [2.45, 2.75) is 32.2 Å². The average Bonchev–Trinajstić information content (AvgIpc) is 2.97. The van der Waals surface area contributed by atoms with Gasteiger partial charge in [0.1, 0.15) is 23.5 Å². The molecule has 1 aromatic carbocycles. The summed E-state index contributed by atoms with van der Waals surface area (Å²) in [6.07, 6.45) is 4.04. The minimum atomic E-state index is 0.482. The van der Waals surface area contributed by atoms with Crippen LogP contribution in [0.3, 0.4) is 0 Å². The highest BCUT2D eigenvalue weighted by atomic mass is 16.3. The number of aryl methyl sites for hydroxylation is 1. The number of rotatable bonds is 4. The minimum Gasteiger partial charge on any atom is -0.459 e. The lowest BCUT2D eigenvalue weighted by Gasteiger charge is -2.22. The van der Waals surface area contributed by atoms with Crippen molar-refractivity contribution >= 4 is 16.8 Å². The Hall–Kier alpha value is -2.40. The van der Waals surface area contributed by atoms with E-state index in [9.17, 15) is 0 Å². The smallest absolute Gasteiger partial charge is 0.134 e. The van der Waals surface area contributed by atoms with Gasteiger partial charge in [0.15, 0.2) is 0 Å². The average molecular weight is 322 g/mol. The van der Waals surface area contributed by atoms with Gasteiger partial charge in [0.25, 0.3) is 0 Å². The molecule has 124 valence electrons. The SMILES string of the molecule is Cc1c(CNc2cc([C@H]3CCCNC3)ncn2)oc2ccccc12. The highest BCUT2D eigenvalue weighted by molar-refractivity contribution is 5.81. The molecular formula is C19H22N4O. The van der Waals surface area contributed by atoms with Crippen LogP contribution in [0.4, 0.5) is 5.82 Å². The van der Waals surface area contributed by atoms with Crippen LogP contribution in [-0.2, 0) is 6.54 Å². The van der Waals surface area contributed by atoms with E-state index in [-0.39, 0.29) is 0 Å². The Labute approximate surface area is 141 Å². The van der Waals surface area contributed by atoms with Gasteiger partial charge in [-0.25, -0.2) is 9.97 Å². The number of fused-ring (bicyclic) bond motifs is 1. The lowest BCUT2D eigenvalue weighted by molar-refractivity contribution is 0.454. The largest absolute Gasteiger partial charge is 0.459 e. The minimum absolute atomic E-state index is 0.482. The highest BCUT2D eigenvalue weighted by Crippen LogP contribution is 2.26. The monoisotopic (exact) mass is 322 g/mol. The lowest BCUT2D eigenvalue weighted by Crippen LogP contribution is -2.28. The van der Waals surface area contributed by atoms with E-state index in [2.05, 4.69) is 39.7 Å². The topological polar surface area (TPSA) is 63.0 Å². The van der Waals surface area contributed by atoms with Crippen molar-refractivity contribution in [1.82, 2.24) is 15.3 Å². The molecule has 5 nitrogen and oxygen atoms in total. The molecule has 1 aliphatic rings. The molecule has 0 unspecified atom stereocenters. The van der Waals surface area contributed by atoms with E-state index >= 15 is 0 Å². The van der Waals surface area contributed by atoms with Crippen LogP contribution in [0.2, 0.25) is 0 Å². The van der Waals surface area contributed by atoms with Gasteiger partial charge >= 0.3 is 0 Å². The van der Waals surface area contributed by atoms with Crippen LogP contribution in [0.15, 0.2) is 41.1 Å². The molecule has 0 aliphatic carbocycles. The first-order valence-corrected chi connectivity index (χ1v) is 8.55. The molecule has 5 heteroatoms. The Balaban J connectivity index is 1.49. The number of anilines is 1. The molecule has 1 atom stereocenters.